The van der Waals surface area contributed by atoms with Crippen molar-refractivity contribution < 1.29 is 23.5 Å². The lowest BCUT2D eigenvalue weighted by Gasteiger charge is -2.16. The highest BCUT2D eigenvalue weighted by Crippen LogP contribution is 2.31. The predicted molar refractivity (Wildman–Crippen MR) is 97.5 cm³/mol. The van der Waals surface area contributed by atoms with Crippen LogP contribution in [0.15, 0.2) is 24.4 Å². The number of fused-ring (bicyclic) bond motifs is 1. The number of alkyl halides is 1. The van der Waals surface area contributed by atoms with E-state index in [2.05, 4.69) is 10.3 Å². The van der Waals surface area contributed by atoms with Crippen LogP contribution in [-0.2, 0) is 4.79 Å². The lowest BCUT2D eigenvalue weighted by Crippen LogP contribution is -2.29. The first-order valence-corrected chi connectivity index (χ1v) is 8.85. The third kappa shape index (κ3) is 3.79. The van der Waals surface area contributed by atoms with Crippen molar-refractivity contribution in [2.75, 3.05) is 13.2 Å². The Bertz CT molecular complexity index is 873. The fraction of sp³-hybridized carbons (Fsp3) is 0.421. The number of halogens is 1. The van der Waals surface area contributed by atoms with Crippen LogP contribution < -0.4 is 20.5 Å². The van der Waals surface area contributed by atoms with E-state index >= 15 is 0 Å². The number of amides is 2. The third-order valence-electron chi connectivity index (χ3n) is 4.74. The Morgan fingerprint density at radius 1 is 1.37 bits per heavy atom. The summed E-state index contributed by atoms with van der Waals surface area (Å²) in [6.07, 6.45) is 0.551. The summed E-state index contributed by atoms with van der Waals surface area (Å²) in [7, 11) is 0. The highest BCUT2D eigenvalue weighted by Gasteiger charge is 2.39. The Labute approximate surface area is 156 Å². The highest BCUT2D eigenvalue weighted by atomic mass is 19.1. The van der Waals surface area contributed by atoms with Crippen molar-refractivity contribution in [2.24, 2.45) is 11.7 Å². The van der Waals surface area contributed by atoms with Crippen LogP contribution in [0.2, 0.25) is 0 Å². The molecular formula is C19H22FN3O4. The molecule has 3 rings (SSSR count). The molecule has 0 radical (unpaired) electrons. The van der Waals surface area contributed by atoms with Crippen molar-refractivity contribution in [3.8, 4) is 11.6 Å². The van der Waals surface area contributed by atoms with Crippen LogP contribution in [0.5, 0.6) is 11.6 Å². The molecule has 1 saturated heterocycles. The summed E-state index contributed by atoms with van der Waals surface area (Å²) in [6, 6.07) is 4.79. The summed E-state index contributed by atoms with van der Waals surface area (Å²) >= 11 is 0. The van der Waals surface area contributed by atoms with Gasteiger partial charge in [0.25, 0.3) is 11.8 Å². The summed E-state index contributed by atoms with van der Waals surface area (Å²) in [4.78, 5) is 27.3. The number of hydrogen-bond donors (Lipinski definition) is 2. The Hall–Kier alpha value is -2.90. The van der Waals surface area contributed by atoms with Crippen molar-refractivity contribution >= 4 is 22.6 Å². The molecule has 1 aromatic carbocycles. The van der Waals surface area contributed by atoms with Crippen molar-refractivity contribution in [3.05, 3.63) is 30.0 Å². The zero-order valence-electron chi connectivity index (χ0n) is 15.2. The number of carbonyl (C=O) groups excluding carboxylic acids is 2. The van der Waals surface area contributed by atoms with E-state index in [9.17, 15) is 14.0 Å². The molecule has 3 N–H and O–H groups in total. The van der Waals surface area contributed by atoms with Crippen molar-refractivity contribution in [3.63, 3.8) is 0 Å². The molecule has 0 spiro atoms. The molecule has 1 fully saturated rings. The molecule has 1 aliphatic heterocycles. The van der Waals surface area contributed by atoms with Crippen LogP contribution >= 0.6 is 0 Å². The fourth-order valence-electron chi connectivity index (χ4n) is 3.21. The number of carbonyl (C=O) groups is 2. The van der Waals surface area contributed by atoms with E-state index < -0.39 is 23.9 Å². The van der Waals surface area contributed by atoms with Crippen LogP contribution in [0.4, 0.5) is 4.39 Å². The summed E-state index contributed by atoms with van der Waals surface area (Å²) in [5.41, 5.74) is 5.72. The van der Waals surface area contributed by atoms with Gasteiger partial charge in [-0.15, -0.1) is 0 Å². The van der Waals surface area contributed by atoms with E-state index in [1.807, 2.05) is 6.92 Å². The van der Waals surface area contributed by atoms with Gasteiger partial charge in [-0.25, -0.2) is 9.37 Å². The Balaban J connectivity index is 1.79. The molecule has 2 amide bonds. The number of primary amides is 1. The van der Waals surface area contributed by atoms with Crippen LogP contribution in [0.25, 0.3) is 10.8 Å². The molecule has 1 aromatic heterocycles. The zero-order valence-corrected chi connectivity index (χ0v) is 15.2. The van der Waals surface area contributed by atoms with E-state index in [4.69, 9.17) is 15.2 Å². The van der Waals surface area contributed by atoms with Gasteiger partial charge < -0.3 is 20.5 Å². The number of aromatic nitrogens is 1. The van der Waals surface area contributed by atoms with Crippen LogP contribution in [0.1, 0.15) is 30.6 Å². The smallest absolute Gasteiger partial charge is 0.255 e. The number of nitrogens with one attached hydrogen (secondary N) is 1. The second kappa shape index (κ2) is 7.77. The number of nitrogens with zero attached hydrogens (tertiary/aromatic N) is 1. The molecular weight excluding hydrogens is 353 g/mol. The standard InChI is InChI=1S/C19H22FN3O4/c1-3-26-15-9-12-11(8-13(15)17(21)24)4-6-22-19(12)27-7-5-14-10(2)16(20)18(25)23-14/h4,6,8-10,14,16H,3,5,7H2,1-2H3,(H2,21,24)(H,23,25)/t10-,14+,16-/m0/s1. The lowest BCUT2D eigenvalue weighted by atomic mass is 9.99. The molecule has 3 atom stereocenters. The fourth-order valence-corrected chi connectivity index (χ4v) is 3.21. The van der Waals surface area contributed by atoms with Gasteiger partial charge in [0.15, 0.2) is 6.17 Å². The van der Waals surface area contributed by atoms with Gasteiger partial charge in [0, 0.05) is 30.0 Å². The van der Waals surface area contributed by atoms with Gasteiger partial charge in [-0.3, -0.25) is 9.59 Å². The van der Waals surface area contributed by atoms with E-state index in [1.54, 1.807) is 31.3 Å². The first kappa shape index (κ1) is 18.9. The van der Waals surface area contributed by atoms with E-state index in [0.29, 0.717) is 30.0 Å². The normalized spacial score (nSPS) is 21.9. The zero-order chi connectivity index (χ0) is 19.6. The topological polar surface area (TPSA) is 104 Å². The molecule has 27 heavy (non-hydrogen) atoms. The molecule has 8 heteroatoms. The number of rotatable bonds is 7. The third-order valence-corrected chi connectivity index (χ3v) is 4.74. The quantitative estimate of drug-likeness (QED) is 0.770. The molecule has 0 aliphatic carbocycles. The van der Waals surface area contributed by atoms with Gasteiger partial charge in [0.2, 0.25) is 5.88 Å². The molecule has 0 bridgehead atoms. The maximum atomic E-state index is 13.6. The molecule has 2 heterocycles. The van der Waals surface area contributed by atoms with Gasteiger partial charge in [0.1, 0.15) is 5.75 Å². The molecule has 7 nitrogen and oxygen atoms in total. The SMILES string of the molecule is CCOc1cc2c(OCC[C@H]3NC(=O)[C@@H](F)[C@H]3C)nccc2cc1C(N)=O. The predicted octanol–water partition coefficient (Wildman–Crippen LogP) is 1.97. The monoisotopic (exact) mass is 375 g/mol. The molecule has 144 valence electrons. The average molecular weight is 375 g/mol. The van der Waals surface area contributed by atoms with Crippen molar-refractivity contribution in [1.82, 2.24) is 10.3 Å². The largest absolute Gasteiger partial charge is 0.493 e. The summed E-state index contributed by atoms with van der Waals surface area (Å²) in [6.45, 7) is 4.15. The van der Waals surface area contributed by atoms with Gasteiger partial charge in [-0.05, 0) is 30.5 Å². The first-order valence-electron chi connectivity index (χ1n) is 8.85. The highest BCUT2D eigenvalue weighted by molar-refractivity contribution is 6.01. The van der Waals surface area contributed by atoms with Crippen LogP contribution in [0, 0.1) is 5.92 Å². The minimum atomic E-state index is -1.48. The molecule has 0 unspecified atom stereocenters. The number of pyridine rings is 1. The Morgan fingerprint density at radius 3 is 2.78 bits per heavy atom. The lowest BCUT2D eigenvalue weighted by molar-refractivity contribution is -0.123. The molecule has 2 aromatic rings. The van der Waals surface area contributed by atoms with E-state index in [0.717, 1.165) is 5.39 Å². The van der Waals surface area contributed by atoms with Gasteiger partial charge in [-0.1, -0.05) is 6.92 Å². The number of ether oxygens (including phenoxy) is 2. The van der Waals surface area contributed by atoms with Crippen LogP contribution in [0.3, 0.4) is 0 Å². The maximum absolute atomic E-state index is 13.6. The minimum absolute atomic E-state index is 0.260. The van der Waals surface area contributed by atoms with Gasteiger partial charge in [-0.2, -0.15) is 0 Å². The minimum Gasteiger partial charge on any atom is -0.493 e. The maximum Gasteiger partial charge on any atom is 0.255 e. The summed E-state index contributed by atoms with van der Waals surface area (Å²) < 4.78 is 24.9. The second-order valence-electron chi connectivity index (χ2n) is 6.50. The van der Waals surface area contributed by atoms with Gasteiger partial charge >= 0.3 is 0 Å². The molecule has 1 aliphatic rings. The molecule has 0 saturated carbocycles. The Morgan fingerprint density at radius 2 is 2.15 bits per heavy atom. The van der Waals surface area contributed by atoms with E-state index in [1.165, 1.54) is 0 Å². The van der Waals surface area contributed by atoms with Crippen molar-refractivity contribution in [2.45, 2.75) is 32.5 Å². The summed E-state index contributed by atoms with van der Waals surface area (Å²) in [5.74, 6) is -0.808. The average Bonchev–Trinajstić information content (AvgIpc) is 2.88. The number of hydrogen-bond acceptors (Lipinski definition) is 5. The van der Waals surface area contributed by atoms with Crippen molar-refractivity contribution in [1.29, 1.82) is 0 Å². The second-order valence-corrected chi connectivity index (χ2v) is 6.50. The number of nitrogens with two attached hydrogens (primary N) is 1. The van der Waals surface area contributed by atoms with Gasteiger partial charge in [0.05, 0.1) is 18.8 Å². The number of benzene rings is 1. The first-order chi connectivity index (χ1) is 12.9. The van der Waals surface area contributed by atoms with Crippen LogP contribution in [-0.4, -0.2) is 42.2 Å². The van der Waals surface area contributed by atoms with E-state index in [-0.39, 0.29) is 18.2 Å². The Kier molecular flexibility index (Phi) is 5.43. The summed E-state index contributed by atoms with van der Waals surface area (Å²) in [5, 5.41) is 4.05.